The van der Waals surface area contributed by atoms with Gasteiger partial charge in [-0.05, 0) is 41.8 Å². The summed E-state index contributed by atoms with van der Waals surface area (Å²) in [5.41, 5.74) is 0.218. The van der Waals surface area contributed by atoms with Gasteiger partial charge in [-0.1, -0.05) is 6.07 Å². The Kier molecular flexibility index (Phi) is 5.66. The summed E-state index contributed by atoms with van der Waals surface area (Å²) >= 11 is 1.47. The molecule has 0 spiro atoms. The first kappa shape index (κ1) is 18.8. The Morgan fingerprint density at radius 3 is 2.89 bits per heavy atom. The summed E-state index contributed by atoms with van der Waals surface area (Å²) in [5, 5.41) is 4.46. The van der Waals surface area contributed by atoms with Crippen molar-refractivity contribution in [2.24, 2.45) is 0 Å². The molecule has 1 atom stereocenters. The third-order valence-electron chi connectivity index (χ3n) is 3.92. The highest BCUT2D eigenvalue weighted by atomic mass is 32.1. The van der Waals surface area contributed by atoms with Gasteiger partial charge in [-0.25, -0.2) is 9.18 Å². The van der Waals surface area contributed by atoms with Gasteiger partial charge in [-0.15, -0.1) is 11.3 Å². The van der Waals surface area contributed by atoms with Crippen LogP contribution in [0.25, 0.3) is 6.08 Å². The number of cyclic esters (lactones) is 1. The Hall–Kier alpha value is -3.00. The van der Waals surface area contributed by atoms with E-state index in [1.807, 2.05) is 17.5 Å². The van der Waals surface area contributed by atoms with Gasteiger partial charge >= 0.3 is 6.09 Å². The van der Waals surface area contributed by atoms with Gasteiger partial charge in [-0.2, -0.15) is 0 Å². The maximum atomic E-state index is 14.4. The Morgan fingerprint density at radius 1 is 1.41 bits per heavy atom. The number of ketones is 1. The standard InChI is InChI=1S/C19H17FN2O4S/c1-12(23)21-10-14-11-22(19(25)26-14)13-4-6-16(17(20)9-13)18(24)7-5-15-3-2-8-27-15/h2-9,14H,10-11H2,1H3,(H,21,23)/b7-5+/t14-/m0/s1. The van der Waals surface area contributed by atoms with Crippen molar-refractivity contribution in [3.63, 3.8) is 0 Å². The molecule has 2 aromatic rings. The molecule has 140 valence electrons. The fourth-order valence-corrected chi connectivity index (χ4v) is 3.22. The molecule has 0 aliphatic carbocycles. The molecule has 1 N–H and O–H groups in total. The molecule has 3 rings (SSSR count). The van der Waals surface area contributed by atoms with Crippen LogP contribution in [0.5, 0.6) is 0 Å². The SMILES string of the molecule is CC(=O)NC[C@H]1CN(c2ccc(C(=O)/C=C/c3cccs3)c(F)c2)C(=O)O1. The van der Waals surface area contributed by atoms with E-state index in [4.69, 9.17) is 4.74 Å². The zero-order chi connectivity index (χ0) is 19.4. The number of rotatable bonds is 6. The second-order valence-electron chi connectivity index (χ2n) is 5.93. The molecule has 0 radical (unpaired) electrons. The maximum Gasteiger partial charge on any atom is 0.414 e. The topological polar surface area (TPSA) is 75.7 Å². The number of carbonyl (C=O) groups is 3. The number of nitrogens with one attached hydrogen (secondary N) is 1. The number of halogens is 1. The van der Waals surface area contributed by atoms with Crippen molar-refractivity contribution in [1.82, 2.24) is 5.32 Å². The molecule has 27 heavy (non-hydrogen) atoms. The molecule has 2 heterocycles. The molecule has 1 aromatic heterocycles. The highest BCUT2D eigenvalue weighted by Gasteiger charge is 2.32. The molecule has 1 aromatic carbocycles. The zero-order valence-electron chi connectivity index (χ0n) is 14.5. The Balaban J connectivity index is 1.70. The van der Waals surface area contributed by atoms with Crippen LogP contribution in [0.3, 0.4) is 0 Å². The number of anilines is 1. The van der Waals surface area contributed by atoms with Crippen molar-refractivity contribution in [2.75, 3.05) is 18.0 Å². The van der Waals surface area contributed by atoms with Gasteiger partial charge in [0.2, 0.25) is 5.91 Å². The molecule has 2 amide bonds. The second-order valence-corrected chi connectivity index (χ2v) is 6.91. The summed E-state index contributed by atoms with van der Waals surface area (Å²) in [5.74, 6) is -1.40. The molecular weight excluding hydrogens is 371 g/mol. The third kappa shape index (κ3) is 4.59. The van der Waals surface area contributed by atoms with Gasteiger partial charge in [0.05, 0.1) is 24.3 Å². The molecule has 1 aliphatic heterocycles. The van der Waals surface area contributed by atoms with Crippen molar-refractivity contribution in [3.8, 4) is 0 Å². The van der Waals surface area contributed by atoms with E-state index in [0.29, 0.717) is 5.69 Å². The number of carbonyl (C=O) groups excluding carboxylic acids is 3. The minimum absolute atomic E-state index is 0.0751. The van der Waals surface area contributed by atoms with Crippen molar-refractivity contribution >= 4 is 40.9 Å². The lowest BCUT2D eigenvalue weighted by atomic mass is 10.1. The monoisotopic (exact) mass is 388 g/mol. The molecule has 1 aliphatic rings. The fraction of sp³-hybridized carbons (Fsp3) is 0.211. The number of nitrogens with zero attached hydrogens (tertiary/aromatic N) is 1. The first-order valence-corrected chi connectivity index (χ1v) is 9.10. The van der Waals surface area contributed by atoms with Gasteiger partial charge in [-0.3, -0.25) is 14.5 Å². The molecular formula is C19H17FN2O4S. The molecule has 0 unspecified atom stereocenters. The number of ether oxygens (including phenoxy) is 1. The molecule has 0 bridgehead atoms. The lowest BCUT2D eigenvalue weighted by molar-refractivity contribution is -0.119. The number of thiophene rings is 1. The maximum absolute atomic E-state index is 14.4. The number of amides is 2. The Morgan fingerprint density at radius 2 is 2.22 bits per heavy atom. The summed E-state index contributed by atoms with van der Waals surface area (Å²) in [6.07, 6.45) is 1.81. The average molecular weight is 388 g/mol. The second kappa shape index (κ2) is 8.13. The van der Waals surface area contributed by atoms with E-state index in [2.05, 4.69) is 5.32 Å². The minimum Gasteiger partial charge on any atom is -0.442 e. The molecule has 6 nitrogen and oxygen atoms in total. The number of allylic oxidation sites excluding steroid dienone is 1. The minimum atomic E-state index is -0.716. The van der Waals surface area contributed by atoms with Crippen LogP contribution < -0.4 is 10.2 Å². The first-order chi connectivity index (χ1) is 12.9. The van der Waals surface area contributed by atoms with E-state index in [9.17, 15) is 18.8 Å². The lowest BCUT2D eigenvalue weighted by Gasteiger charge is -2.14. The van der Waals surface area contributed by atoms with Crippen LogP contribution in [0.4, 0.5) is 14.9 Å². The van der Waals surface area contributed by atoms with Crippen LogP contribution in [0.1, 0.15) is 22.2 Å². The van der Waals surface area contributed by atoms with E-state index in [1.165, 1.54) is 41.4 Å². The van der Waals surface area contributed by atoms with Gasteiger partial charge < -0.3 is 10.1 Å². The van der Waals surface area contributed by atoms with Gasteiger partial charge in [0.25, 0.3) is 0 Å². The van der Waals surface area contributed by atoms with Crippen molar-refractivity contribution in [2.45, 2.75) is 13.0 Å². The fourth-order valence-electron chi connectivity index (χ4n) is 2.60. The Labute approximate surface area is 159 Å². The average Bonchev–Trinajstić information content (AvgIpc) is 3.27. The largest absolute Gasteiger partial charge is 0.442 e. The predicted octanol–water partition coefficient (Wildman–Crippen LogP) is 3.24. The Bertz CT molecular complexity index is 895. The highest BCUT2D eigenvalue weighted by molar-refractivity contribution is 7.10. The van der Waals surface area contributed by atoms with E-state index in [0.717, 1.165) is 10.9 Å². The first-order valence-electron chi connectivity index (χ1n) is 8.22. The number of hydrogen-bond acceptors (Lipinski definition) is 5. The van der Waals surface area contributed by atoms with Crippen LogP contribution >= 0.6 is 11.3 Å². The lowest BCUT2D eigenvalue weighted by Crippen LogP contribution is -2.33. The normalized spacial score (nSPS) is 16.6. The summed E-state index contributed by atoms with van der Waals surface area (Å²) in [7, 11) is 0. The van der Waals surface area contributed by atoms with Crippen LogP contribution in [0.2, 0.25) is 0 Å². The van der Waals surface area contributed by atoms with Crippen molar-refractivity contribution < 1.29 is 23.5 Å². The van der Waals surface area contributed by atoms with Crippen LogP contribution in [0, 0.1) is 5.82 Å². The van der Waals surface area contributed by atoms with E-state index in [-0.39, 0.29) is 24.6 Å². The van der Waals surface area contributed by atoms with Gasteiger partial charge in [0.1, 0.15) is 11.9 Å². The zero-order valence-corrected chi connectivity index (χ0v) is 15.3. The summed E-state index contributed by atoms with van der Waals surface area (Å²) < 4.78 is 19.6. The number of hydrogen-bond donors (Lipinski definition) is 1. The summed E-state index contributed by atoms with van der Waals surface area (Å²) in [4.78, 5) is 37.3. The van der Waals surface area contributed by atoms with E-state index < -0.39 is 23.8 Å². The van der Waals surface area contributed by atoms with Crippen LogP contribution in [0.15, 0.2) is 41.8 Å². The highest BCUT2D eigenvalue weighted by Crippen LogP contribution is 2.24. The van der Waals surface area contributed by atoms with Gasteiger partial charge in [0.15, 0.2) is 5.78 Å². The predicted molar refractivity (Wildman–Crippen MR) is 100 cm³/mol. The van der Waals surface area contributed by atoms with E-state index >= 15 is 0 Å². The number of benzene rings is 1. The van der Waals surface area contributed by atoms with Crippen LogP contribution in [-0.4, -0.2) is 37.0 Å². The molecule has 1 fully saturated rings. The summed E-state index contributed by atoms with van der Waals surface area (Å²) in [6.45, 7) is 1.74. The molecule has 8 heteroatoms. The van der Waals surface area contributed by atoms with E-state index in [1.54, 1.807) is 6.08 Å². The quantitative estimate of drug-likeness (QED) is 0.609. The van der Waals surface area contributed by atoms with Gasteiger partial charge in [0, 0.05) is 11.8 Å². The van der Waals surface area contributed by atoms with Crippen molar-refractivity contribution in [1.29, 1.82) is 0 Å². The van der Waals surface area contributed by atoms with Crippen molar-refractivity contribution in [3.05, 3.63) is 58.0 Å². The molecule has 1 saturated heterocycles. The third-order valence-corrected chi connectivity index (χ3v) is 4.76. The van der Waals surface area contributed by atoms with Crippen LogP contribution in [-0.2, 0) is 9.53 Å². The molecule has 0 saturated carbocycles. The smallest absolute Gasteiger partial charge is 0.414 e. The summed E-state index contributed by atoms with van der Waals surface area (Å²) in [6, 6.07) is 7.69.